The van der Waals surface area contributed by atoms with E-state index in [-0.39, 0.29) is 0 Å². The molecule has 0 bridgehead atoms. The fraction of sp³-hybridized carbons (Fsp3) is 0.400. The number of hydrogen-bond acceptors (Lipinski definition) is 2. The zero-order valence-corrected chi connectivity index (χ0v) is 11.5. The Balaban J connectivity index is 0.000000771. The highest BCUT2D eigenvalue weighted by Crippen LogP contribution is 2.12. The van der Waals surface area contributed by atoms with Gasteiger partial charge in [0.1, 0.15) is 5.75 Å². The number of rotatable bonds is 5. The Labute approximate surface area is 109 Å². The van der Waals surface area contributed by atoms with E-state index in [1.54, 1.807) is 6.20 Å². The van der Waals surface area contributed by atoms with E-state index in [1.165, 1.54) is 5.56 Å². The van der Waals surface area contributed by atoms with Gasteiger partial charge in [0.25, 0.3) is 0 Å². The number of hydrogen-bond donors (Lipinski definition) is 0. The molecule has 2 aromatic rings. The molecule has 1 heterocycles. The molecule has 2 rings (SSSR count). The molecule has 0 amide bonds. The molecular formula is C15H22N2O. The van der Waals surface area contributed by atoms with Crippen molar-refractivity contribution in [3.8, 4) is 5.75 Å². The minimum absolute atomic E-state index is 0.738. The summed E-state index contributed by atoms with van der Waals surface area (Å²) in [6.45, 7) is 7.76. The van der Waals surface area contributed by atoms with Gasteiger partial charge in [-0.2, -0.15) is 0 Å². The second kappa shape index (κ2) is 8.34. The van der Waals surface area contributed by atoms with Gasteiger partial charge < -0.3 is 9.30 Å². The number of aryl methyl sites for hydroxylation is 2. The van der Waals surface area contributed by atoms with E-state index < -0.39 is 0 Å². The highest BCUT2D eigenvalue weighted by molar-refractivity contribution is 5.27. The Hall–Kier alpha value is -1.77. The van der Waals surface area contributed by atoms with Gasteiger partial charge in [-0.1, -0.05) is 26.0 Å². The minimum Gasteiger partial charge on any atom is -0.494 e. The normalized spacial score (nSPS) is 9.50. The Morgan fingerprint density at radius 2 is 2.11 bits per heavy atom. The molecule has 0 spiro atoms. The molecule has 0 aliphatic rings. The van der Waals surface area contributed by atoms with Crippen LogP contribution in [0.15, 0.2) is 43.0 Å². The molecule has 98 valence electrons. The maximum absolute atomic E-state index is 5.65. The molecule has 0 saturated carbocycles. The SMILES string of the molecule is CC.Cc1cccc(OCCCn2ccnc2)c1. The lowest BCUT2D eigenvalue weighted by Gasteiger charge is -2.06. The quantitative estimate of drug-likeness (QED) is 0.752. The molecule has 3 heteroatoms. The van der Waals surface area contributed by atoms with Crippen LogP contribution >= 0.6 is 0 Å². The van der Waals surface area contributed by atoms with Crippen LogP contribution in [0.5, 0.6) is 5.75 Å². The maximum atomic E-state index is 5.65. The number of benzene rings is 1. The second-order valence-corrected chi connectivity index (χ2v) is 3.82. The van der Waals surface area contributed by atoms with E-state index in [0.717, 1.165) is 25.3 Å². The average Bonchev–Trinajstić information content (AvgIpc) is 2.90. The predicted octanol–water partition coefficient (Wildman–Crippen LogP) is 3.69. The molecule has 0 atom stereocenters. The summed E-state index contributed by atoms with van der Waals surface area (Å²) >= 11 is 0. The molecule has 1 aromatic heterocycles. The van der Waals surface area contributed by atoms with Crippen LogP contribution in [-0.4, -0.2) is 16.2 Å². The average molecular weight is 246 g/mol. The first-order chi connectivity index (χ1) is 8.84. The Morgan fingerprint density at radius 3 is 2.78 bits per heavy atom. The third kappa shape index (κ3) is 5.04. The Bertz CT molecular complexity index is 424. The van der Waals surface area contributed by atoms with Crippen molar-refractivity contribution in [2.45, 2.75) is 33.7 Å². The zero-order valence-electron chi connectivity index (χ0n) is 11.5. The lowest BCUT2D eigenvalue weighted by Crippen LogP contribution is -2.03. The molecule has 0 aliphatic heterocycles. The van der Waals surface area contributed by atoms with E-state index in [0.29, 0.717) is 0 Å². The number of nitrogens with zero attached hydrogens (tertiary/aromatic N) is 2. The molecule has 1 aromatic carbocycles. The molecule has 0 fully saturated rings. The van der Waals surface area contributed by atoms with Crippen LogP contribution in [0, 0.1) is 6.92 Å². The number of imidazole rings is 1. The predicted molar refractivity (Wildman–Crippen MR) is 74.9 cm³/mol. The van der Waals surface area contributed by atoms with Crippen molar-refractivity contribution < 1.29 is 4.74 Å². The third-order valence-corrected chi connectivity index (χ3v) is 2.38. The van der Waals surface area contributed by atoms with Crippen molar-refractivity contribution in [2.75, 3.05) is 6.61 Å². The molecule has 0 radical (unpaired) electrons. The van der Waals surface area contributed by atoms with Crippen LogP contribution in [0.3, 0.4) is 0 Å². The van der Waals surface area contributed by atoms with E-state index in [9.17, 15) is 0 Å². The summed E-state index contributed by atoms with van der Waals surface area (Å²) in [5.41, 5.74) is 1.23. The largest absolute Gasteiger partial charge is 0.494 e. The van der Waals surface area contributed by atoms with Gasteiger partial charge in [-0.25, -0.2) is 4.98 Å². The van der Waals surface area contributed by atoms with E-state index in [4.69, 9.17) is 4.74 Å². The first-order valence-corrected chi connectivity index (χ1v) is 6.50. The van der Waals surface area contributed by atoms with Crippen LogP contribution in [0.2, 0.25) is 0 Å². The van der Waals surface area contributed by atoms with Crippen molar-refractivity contribution in [1.82, 2.24) is 9.55 Å². The van der Waals surface area contributed by atoms with Gasteiger partial charge in [-0.3, -0.25) is 0 Å². The lowest BCUT2D eigenvalue weighted by molar-refractivity contribution is 0.301. The summed E-state index contributed by atoms with van der Waals surface area (Å²) in [5.74, 6) is 0.950. The summed E-state index contributed by atoms with van der Waals surface area (Å²) in [6.07, 6.45) is 6.57. The van der Waals surface area contributed by atoms with Crippen molar-refractivity contribution >= 4 is 0 Å². The fourth-order valence-electron chi connectivity index (χ4n) is 1.56. The third-order valence-electron chi connectivity index (χ3n) is 2.38. The molecule has 0 unspecified atom stereocenters. The molecule has 0 aliphatic carbocycles. The Kier molecular flexibility index (Phi) is 6.62. The molecule has 18 heavy (non-hydrogen) atoms. The standard InChI is InChI=1S/C13H16N2O.C2H6/c1-12-4-2-5-13(10-12)16-9-3-7-15-8-6-14-11-15;1-2/h2,4-6,8,10-11H,3,7,9H2,1H3;1-2H3. The maximum Gasteiger partial charge on any atom is 0.119 e. The van der Waals surface area contributed by atoms with Crippen LogP contribution < -0.4 is 4.74 Å². The Morgan fingerprint density at radius 1 is 1.28 bits per heavy atom. The highest BCUT2D eigenvalue weighted by Gasteiger charge is 1.94. The molecule has 0 saturated heterocycles. The first kappa shape index (κ1) is 14.3. The van der Waals surface area contributed by atoms with Crippen LogP contribution in [-0.2, 0) is 6.54 Å². The monoisotopic (exact) mass is 246 g/mol. The number of ether oxygens (including phenoxy) is 1. The van der Waals surface area contributed by atoms with Crippen LogP contribution in [0.1, 0.15) is 25.8 Å². The lowest BCUT2D eigenvalue weighted by atomic mass is 10.2. The smallest absolute Gasteiger partial charge is 0.119 e. The van der Waals surface area contributed by atoms with Crippen molar-refractivity contribution in [3.05, 3.63) is 48.5 Å². The van der Waals surface area contributed by atoms with Crippen LogP contribution in [0.4, 0.5) is 0 Å². The summed E-state index contributed by atoms with van der Waals surface area (Å²) in [5, 5.41) is 0. The van der Waals surface area contributed by atoms with Crippen molar-refractivity contribution in [2.24, 2.45) is 0 Å². The van der Waals surface area contributed by atoms with E-state index >= 15 is 0 Å². The van der Waals surface area contributed by atoms with Gasteiger partial charge in [-0.05, 0) is 31.0 Å². The van der Waals surface area contributed by atoms with Gasteiger partial charge in [0, 0.05) is 18.9 Å². The topological polar surface area (TPSA) is 27.1 Å². The van der Waals surface area contributed by atoms with Crippen molar-refractivity contribution in [3.63, 3.8) is 0 Å². The first-order valence-electron chi connectivity index (χ1n) is 6.50. The minimum atomic E-state index is 0.738. The van der Waals surface area contributed by atoms with E-state index in [2.05, 4.69) is 28.6 Å². The van der Waals surface area contributed by atoms with Gasteiger partial charge in [0.15, 0.2) is 0 Å². The van der Waals surface area contributed by atoms with Gasteiger partial charge >= 0.3 is 0 Å². The fourth-order valence-corrected chi connectivity index (χ4v) is 1.56. The van der Waals surface area contributed by atoms with Crippen LogP contribution in [0.25, 0.3) is 0 Å². The van der Waals surface area contributed by atoms with Crippen molar-refractivity contribution in [1.29, 1.82) is 0 Å². The second-order valence-electron chi connectivity index (χ2n) is 3.82. The van der Waals surface area contributed by atoms with Gasteiger partial charge in [-0.15, -0.1) is 0 Å². The summed E-state index contributed by atoms with van der Waals surface area (Å²) in [6, 6.07) is 8.13. The molecule has 3 nitrogen and oxygen atoms in total. The van der Waals surface area contributed by atoms with Gasteiger partial charge in [0.2, 0.25) is 0 Å². The zero-order chi connectivity index (χ0) is 13.2. The summed E-state index contributed by atoms with van der Waals surface area (Å²) < 4.78 is 7.71. The summed E-state index contributed by atoms with van der Waals surface area (Å²) in [7, 11) is 0. The van der Waals surface area contributed by atoms with Gasteiger partial charge in [0.05, 0.1) is 12.9 Å². The van der Waals surface area contributed by atoms with E-state index in [1.807, 2.05) is 38.5 Å². The number of aromatic nitrogens is 2. The molecular weight excluding hydrogens is 224 g/mol. The summed E-state index contributed by atoms with van der Waals surface area (Å²) in [4.78, 5) is 3.99. The highest BCUT2D eigenvalue weighted by atomic mass is 16.5. The molecule has 0 N–H and O–H groups in total.